The van der Waals surface area contributed by atoms with Crippen molar-refractivity contribution < 1.29 is 9.15 Å². The van der Waals surface area contributed by atoms with Crippen molar-refractivity contribution in [1.29, 1.82) is 0 Å². The number of furan rings is 1. The first-order chi connectivity index (χ1) is 7.75. The summed E-state index contributed by atoms with van der Waals surface area (Å²) in [6, 6.07) is 4.94. The van der Waals surface area contributed by atoms with Crippen molar-refractivity contribution in [3.05, 3.63) is 24.2 Å². The Morgan fingerprint density at radius 3 is 3.00 bits per heavy atom. The van der Waals surface area contributed by atoms with Crippen LogP contribution in [0.4, 0.5) is 0 Å². The lowest BCUT2D eigenvalue weighted by atomic mass is 9.99. The third-order valence-corrected chi connectivity index (χ3v) is 3.31. The minimum absolute atomic E-state index is 0.446. The first kappa shape index (κ1) is 11.7. The van der Waals surface area contributed by atoms with Gasteiger partial charge in [-0.1, -0.05) is 0 Å². The van der Waals surface area contributed by atoms with E-state index in [1.165, 1.54) is 6.42 Å². The van der Waals surface area contributed by atoms with Crippen LogP contribution >= 0.6 is 0 Å². The standard InChI is InChI=1S/C13H21NO2/c1-10(8-13-4-3-6-16-13)14-11(2)12-5-7-15-9-12/h3-4,6,10-12,14H,5,7-9H2,1-2H3. The highest BCUT2D eigenvalue weighted by Crippen LogP contribution is 2.17. The van der Waals surface area contributed by atoms with E-state index in [9.17, 15) is 0 Å². The lowest BCUT2D eigenvalue weighted by Crippen LogP contribution is -2.40. The van der Waals surface area contributed by atoms with Crippen molar-refractivity contribution in [1.82, 2.24) is 5.32 Å². The number of hydrogen-bond donors (Lipinski definition) is 1. The largest absolute Gasteiger partial charge is 0.469 e. The first-order valence-corrected chi connectivity index (χ1v) is 6.12. The van der Waals surface area contributed by atoms with E-state index in [0.29, 0.717) is 18.0 Å². The maximum Gasteiger partial charge on any atom is 0.105 e. The van der Waals surface area contributed by atoms with Crippen LogP contribution in [0.1, 0.15) is 26.0 Å². The van der Waals surface area contributed by atoms with Gasteiger partial charge in [0.15, 0.2) is 0 Å². The molecule has 90 valence electrons. The summed E-state index contributed by atoms with van der Waals surface area (Å²) >= 11 is 0. The SMILES string of the molecule is CC(Cc1ccco1)NC(C)C1CCOC1. The zero-order valence-electron chi connectivity index (χ0n) is 10.1. The predicted octanol–water partition coefficient (Wildman–Crippen LogP) is 2.23. The molecule has 0 saturated carbocycles. The smallest absolute Gasteiger partial charge is 0.105 e. The summed E-state index contributed by atoms with van der Waals surface area (Å²) in [6.45, 7) is 6.28. The summed E-state index contributed by atoms with van der Waals surface area (Å²) in [6.07, 6.45) is 3.86. The Morgan fingerprint density at radius 2 is 2.38 bits per heavy atom. The van der Waals surface area contributed by atoms with E-state index in [2.05, 4.69) is 19.2 Å². The molecular formula is C13H21NO2. The van der Waals surface area contributed by atoms with Gasteiger partial charge in [-0.2, -0.15) is 0 Å². The molecule has 1 aromatic rings. The van der Waals surface area contributed by atoms with Gasteiger partial charge in [-0.05, 0) is 38.3 Å². The fourth-order valence-electron chi connectivity index (χ4n) is 2.32. The minimum Gasteiger partial charge on any atom is -0.469 e. The molecule has 3 atom stereocenters. The van der Waals surface area contributed by atoms with Gasteiger partial charge in [-0.15, -0.1) is 0 Å². The average molecular weight is 223 g/mol. The second-order valence-corrected chi connectivity index (χ2v) is 4.76. The minimum atomic E-state index is 0.446. The molecule has 2 rings (SSSR count). The van der Waals surface area contributed by atoms with Gasteiger partial charge in [0.2, 0.25) is 0 Å². The Kier molecular flexibility index (Phi) is 4.02. The van der Waals surface area contributed by atoms with E-state index in [4.69, 9.17) is 9.15 Å². The molecule has 0 radical (unpaired) electrons. The second kappa shape index (κ2) is 5.51. The van der Waals surface area contributed by atoms with Gasteiger partial charge >= 0.3 is 0 Å². The highest BCUT2D eigenvalue weighted by atomic mass is 16.5. The second-order valence-electron chi connectivity index (χ2n) is 4.76. The van der Waals surface area contributed by atoms with E-state index in [0.717, 1.165) is 25.4 Å². The van der Waals surface area contributed by atoms with E-state index in [1.807, 2.05) is 12.1 Å². The summed E-state index contributed by atoms with van der Waals surface area (Å²) in [5, 5.41) is 3.62. The van der Waals surface area contributed by atoms with Crippen molar-refractivity contribution >= 4 is 0 Å². The molecule has 3 heteroatoms. The number of rotatable bonds is 5. The van der Waals surface area contributed by atoms with Crippen LogP contribution in [0, 0.1) is 5.92 Å². The summed E-state index contributed by atoms with van der Waals surface area (Å²) < 4.78 is 10.8. The normalized spacial score (nSPS) is 24.5. The molecule has 1 N–H and O–H groups in total. The summed E-state index contributed by atoms with van der Waals surface area (Å²) in [5.74, 6) is 1.72. The zero-order valence-corrected chi connectivity index (χ0v) is 10.1. The molecule has 1 aromatic heterocycles. The number of ether oxygens (including phenoxy) is 1. The Bertz CT molecular complexity index is 291. The Morgan fingerprint density at radius 1 is 1.50 bits per heavy atom. The predicted molar refractivity (Wildman–Crippen MR) is 63.4 cm³/mol. The van der Waals surface area contributed by atoms with Crippen LogP contribution in [0.15, 0.2) is 22.8 Å². The summed E-state index contributed by atoms with van der Waals surface area (Å²) in [4.78, 5) is 0. The lowest BCUT2D eigenvalue weighted by molar-refractivity contribution is 0.176. The van der Waals surface area contributed by atoms with Crippen LogP contribution in [0.3, 0.4) is 0 Å². The first-order valence-electron chi connectivity index (χ1n) is 6.12. The Hall–Kier alpha value is -0.800. The van der Waals surface area contributed by atoms with Crippen molar-refractivity contribution in [3.63, 3.8) is 0 Å². The fraction of sp³-hybridized carbons (Fsp3) is 0.692. The molecule has 0 aliphatic carbocycles. The van der Waals surface area contributed by atoms with Crippen molar-refractivity contribution in [2.24, 2.45) is 5.92 Å². The highest BCUT2D eigenvalue weighted by Gasteiger charge is 2.23. The molecule has 1 saturated heterocycles. The third kappa shape index (κ3) is 3.09. The molecule has 3 nitrogen and oxygen atoms in total. The van der Waals surface area contributed by atoms with Crippen LogP contribution in [0.25, 0.3) is 0 Å². The van der Waals surface area contributed by atoms with Crippen molar-refractivity contribution in [3.8, 4) is 0 Å². The molecule has 0 bridgehead atoms. The van der Waals surface area contributed by atoms with Crippen molar-refractivity contribution in [2.75, 3.05) is 13.2 Å². The van der Waals surface area contributed by atoms with Gasteiger partial charge < -0.3 is 14.5 Å². The molecule has 3 unspecified atom stereocenters. The maximum atomic E-state index is 5.41. The zero-order chi connectivity index (χ0) is 11.4. The molecule has 1 fully saturated rings. The van der Waals surface area contributed by atoms with Crippen LogP contribution in [-0.4, -0.2) is 25.3 Å². The molecular weight excluding hydrogens is 202 g/mol. The molecule has 2 heterocycles. The van der Waals surface area contributed by atoms with Gasteiger partial charge in [-0.3, -0.25) is 0 Å². The van der Waals surface area contributed by atoms with Crippen LogP contribution < -0.4 is 5.32 Å². The molecule has 16 heavy (non-hydrogen) atoms. The third-order valence-electron chi connectivity index (χ3n) is 3.31. The van der Waals surface area contributed by atoms with E-state index in [1.54, 1.807) is 6.26 Å². The van der Waals surface area contributed by atoms with Gasteiger partial charge in [0.1, 0.15) is 5.76 Å². The molecule has 0 spiro atoms. The monoisotopic (exact) mass is 223 g/mol. The quantitative estimate of drug-likeness (QED) is 0.831. The van der Waals surface area contributed by atoms with E-state index >= 15 is 0 Å². The molecule has 0 amide bonds. The van der Waals surface area contributed by atoms with E-state index < -0.39 is 0 Å². The Balaban J connectivity index is 1.75. The molecule has 1 aliphatic rings. The summed E-state index contributed by atoms with van der Waals surface area (Å²) in [5.41, 5.74) is 0. The van der Waals surface area contributed by atoms with Crippen LogP contribution in [0.5, 0.6) is 0 Å². The molecule has 0 aromatic carbocycles. The fourth-order valence-corrected chi connectivity index (χ4v) is 2.32. The van der Waals surface area contributed by atoms with Crippen molar-refractivity contribution in [2.45, 2.75) is 38.8 Å². The molecule has 1 aliphatic heterocycles. The topological polar surface area (TPSA) is 34.4 Å². The van der Waals surface area contributed by atoms with Crippen LogP contribution in [-0.2, 0) is 11.2 Å². The average Bonchev–Trinajstić information content (AvgIpc) is 2.88. The Labute approximate surface area is 97.2 Å². The van der Waals surface area contributed by atoms with Gasteiger partial charge in [0.05, 0.1) is 12.9 Å². The number of hydrogen-bond acceptors (Lipinski definition) is 3. The van der Waals surface area contributed by atoms with Gasteiger partial charge in [-0.25, -0.2) is 0 Å². The summed E-state index contributed by atoms with van der Waals surface area (Å²) in [7, 11) is 0. The highest BCUT2D eigenvalue weighted by molar-refractivity contribution is 5.00. The maximum absolute atomic E-state index is 5.41. The van der Waals surface area contributed by atoms with Crippen LogP contribution in [0.2, 0.25) is 0 Å². The van der Waals surface area contributed by atoms with Gasteiger partial charge in [0, 0.05) is 25.1 Å². The van der Waals surface area contributed by atoms with Gasteiger partial charge in [0.25, 0.3) is 0 Å². The number of nitrogens with one attached hydrogen (secondary N) is 1. The lowest BCUT2D eigenvalue weighted by Gasteiger charge is -2.23. The van der Waals surface area contributed by atoms with E-state index in [-0.39, 0.29) is 0 Å².